The first-order valence-electron chi connectivity index (χ1n) is 6.99. The van der Waals surface area contributed by atoms with Crippen LogP contribution < -0.4 is 5.32 Å². The minimum atomic E-state index is 0.445. The Labute approximate surface area is 114 Å². The van der Waals surface area contributed by atoms with Crippen LogP contribution in [-0.2, 0) is 11.3 Å². The van der Waals surface area contributed by atoms with E-state index in [4.69, 9.17) is 4.74 Å². The minimum absolute atomic E-state index is 0.445. The van der Waals surface area contributed by atoms with E-state index in [1.54, 1.807) is 11.3 Å². The molecule has 1 aliphatic carbocycles. The summed E-state index contributed by atoms with van der Waals surface area (Å²) < 4.78 is 6.02. The maximum Gasteiger partial charge on any atom is 0.182 e. The van der Waals surface area contributed by atoms with E-state index in [-0.39, 0.29) is 0 Å². The van der Waals surface area contributed by atoms with Crippen molar-refractivity contribution in [1.29, 1.82) is 0 Å². The summed E-state index contributed by atoms with van der Waals surface area (Å²) in [5.41, 5.74) is 0. The number of thiazole rings is 1. The van der Waals surface area contributed by atoms with E-state index in [0.29, 0.717) is 6.10 Å². The molecular formula is C14H24N2OS. The molecule has 1 fully saturated rings. The highest BCUT2D eigenvalue weighted by Gasteiger charge is 2.25. The van der Waals surface area contributed by atoms with Gasteiger partial charge in [-0.2, -0.15) is 0 Å². The lowest BCUT2D eigenvalue weighted by Crippen LogP contribution is -2.26. The van der Waals surface area contributed by atoms with Crippen LogP contribution in [-0.4, -0.2) is 17.6 Å². The number of ether oxygens (including phenoxy) is 1. The first kappa shape index (κ1) is 13.8. The summed E-state index contributed by atoms with van der Waals surface area (Å²) in [5, 5.41) is 4.23. The summed E-state index contributed by atoms with van der Waals surface area (Å²) in [6.07, 6.45) is 6.10. The molecule has 4 heteroatoms. The Kier molecular flexibility index (Phi) is 5.01. The van der Waals surface area contributed by atoms with E-state index < -0.39 is 0 Å². The van der Waals surface area contributed by atoms with Gasteiger partial charge >= 0.3 is 0 Å². The van der Waals surface area contributed by atoms with Crippen LogP contribution in [0.1, 0.15) is 44.9 Å². The van der Waals surface area contributed by atoms with Gasteiger partial charge in [0, 0.05) is 12.7 Å². The third kappa shape index (κ3) is 3.69. The van der Waals surface area contributed by atoms with Crippen molar-refractivity contribution in [2.45, 2.75) is 52.7 Å². The maximum atomic E-state index is 6.02. The molecule has 0 bridgehead atoms. The number of nitrogens with zero attached hydrogens (tertiary/aromatic N) is 1. The molecular weight excluding hydrogens is 244 g/mol. The molecule has 0 spiro atoms. The van der Waals surface area contributed by atoms with Crippen molar-refractivity contribution in [2.24, 2.45) is 11.8 Å². The summed E-state index contributed by atoms with van der Waals surface area (Å²) >= 11 is 1.70. The molecule has 0 radical (unpaired) electrons. The fourth-order valence-electron chi connectivity index (χ4n) is 2.46. The Hall–Kier alpha value is -0.610. The van der Waals surface area contributed by atoms with Crippen LogP contribution in [0, 0.1) is 11.8 Å². The van der Waals surface area contributed by atoms with E-state index in [2.05, 4.69) is 31.1 Å². The van der Waals surface area contributed by atoms with Crippen molar-refractivity contribution in [1.82, 2.24) is 4.98 Å². The summed E-state index contributed by atoms with van der Waals surface area (Å²) in [6.45, 7) is 8.42. The third-order valence-corrected chi connectivity index (χ3v) is 4.82. The molecule has 1 aromatic heterocycles. The van der Waals surface area contributed by atoms with Gasteiger partial charge in [-0.1, -0.05) is 25.2 Å². The van der Waals surface area contributed by atoms with Gasteiger partial charge in [-0.15, -0.1) is 0 Å². The smallest absolute Gasteiger partial charge is 0.182 e. The van der Waals surface area contributed by atoms with E-state index in [9.17, 15) is 0 Å². The SMILES string of the molecule is CCNc1ncc(COC2CCC(C)C(C)C2)s1. The predicted molar refractivity (Wildman–Crippen MR) is 77.0 cm³/mol. The van der Waals surface area contributed by atoms with Gasteiger partial charge in [0.05, 0.1) is 17.6 Å². The molecule has 0 aromatic carbocycles. The lowest BCUT2D eigenvalue weighted by Gasteiger charge is -2.31. The zero-order valence-electron chi connectivity index (χ0n) is 11.6. The van der Waals surface area contributed by atoms with Crippen molar-refractivity contribution in [2.75, 3.05) is 11.9 Å². The number of nitrogens with one attached hydrogen (secondary N) is 1. The topological polar surface area (TPSA) is 34.2 Å². The molecule has 1 aliphatic rings. The number of anilines is 1. The van der Waals surface area contributed by atoms with Gasteiger partial charge in [0.15, 0.2) is 5.13 Å². The van der Waals surface area contributed by atoms with Crippen molar-refractivity contribution >= 4 is 16.5 Å². The molecule has 1 aromatic rings. The second-order valence-corrected chi connectivity index (χ2v) is 6.48. The fraction of sp³-hybridized carbons (Fsp3) is 0.786. The first-order valence-corrected chi connectivity index (χ1v) is 7.80. The Morgan fingerprint density at radius 1 is 1.39 bits per heavy atom. The van der Waals surface area contributed by atoms with Gasteiger partial charge in [-0.05, 0) is 38.0 Å². The van der Waals surface area contributed by atoms with Gasteiger partial charge in [0.1, 0.15) is 0 Å². The van der Waals surface area contributed by atoms with Crippen LogP contribution in [0.2, 0.25) is 0 Å². The number of aromatic nitrogens is 1. The molecule has 0 aliphatic heterocycles. The summed E-state index contributed by atoms with van der Waals surface area (Å²) in [4.78, 5) is 5.54. The Bertz CT molecular complexity index is 366. The van der Waals surface area contributed by atoms with Gasteiger partial charge in [-0.25, -0.2) is 4.98 Å². The van der Waals surface area contributed by atoms with Crippen LogP contribution in [0.15, 0.2) is 6.20 Å². The zero-order valence-corrected chi connectivity index (χ0v) is 12.4. The maximum absolute atomic E-state index is 6.02. The van der Waals surface area contributed by atoms with Crippen LogP contribution in [0.3, 0.4) is 0 Å². The largest absolute Gasteiger partial charge is 0.373 e. The quantitative estimate of drug-likeness (QED) is 0.879. The van der Waals surface area contributed by atoms with Gasteiger partial charge < -0.3 is 10.1 Å². The normalized spacial score (nSPS) is 28.3. The number of rotatable bonds is 5. The van der Waals surface area contributed by atoms with Crippen molar-refractivity contribution < 1.29 is 4.74 Å². The van der Waals surface area contributed by atoms with Crippen molar-refractivity contribution in [3.63, 3.8) is 0 Å². The molecule has 1 saturated carbocycles. The average molecular weight is 268 g/mol. The highest BCUT2D eigenvalue weighted by atomic mass is 32.1. The van der Waals surface area contributed by atoms with Gasteiger partial charge in [-0.3, -0.25) is 0 Å². The van der Waals surface area contributed by atoms with Crippen LogP contribution >= 0.6 is 11.3 Å². The lowest BCUT2D eigenvalue weighted by atomic mass is 9.80. The van der Waals surface area contributed by atoms with Crippen molar-refractivity contribution in [3.8, 4) is 0 Å². The summed E-state index contributed by atoms with van der Waals surface area (Å²) in [5.74, 6) is 1.65. The van der Waals surface area contributed by atoms with Crippen molar-refractivity contribution in [3.05, 3.63) is 11.1 Å². The van der Waals surface area contributed by atoms with Crippen LogP contribution in [0.5, 0.6) is 0 Å². The molecule has 1 N–H and O–H groups in total. The molecule has 3 atom stereocenters. The number of hydrogen-bond donors (Lipinski definition) is 1. The Balaban J connectivity index is 1.77. The second kappa shape index (κ2) is 6.53. The van der Waals surface area contributed by atoms with E-state index in [1.807, 2.05) is 6.20 Å². The van der Waals surface area contributed by atoms with Gasteiger partial charge in [0.2, 0.25) is 0 Å². The molecule has 3 unspecified atom stereocenters. The summed E-state index contributed by atoms with van der Waals surface area (Å²) in [7, 11) is 0. The molecule has 3 nitrogen and oxygen atoms in total. The highest BCUT2D eigenvalue weighted by molar-refractivity contribution is 7.15. The predicted octanol–water partition coefficient (Wildman–Crippen LogP) is 3.92. The molecule has 0 amide bonds. The summed E-state index contributed by atoms with van der Waals surface area (Å²) in [6, 6.07) is 0. The monoisotopic (exact) mass is 268 g/mol. The fourth-order valence-corrected chi connectivity index (χ4v) is 3.26. The van der Waals surface area contributed by atoms with Crippen LogP contribution in [0.4, 0.5) is 5.13 Å². The van der Waals surface area contributed by atoms with Crippen LogP contribution in [0.25, 0.3) is 0 Å². The molecule has 18 heavy (non-hydrogen) atoms. The Morgan fingerprint density at radius 2 is 2.22 bits per heavy atom. The minimum Gasteiger partial charge on any atom is -0.373 e. The molecule has 2 rings (SSSR count). The zero-order chi connectivity index (χ0) is 13.0. The molecule has 1 heterocycles. The molecule has 0 saturated heterocycles. The highest BCUT2D eigenvalue weighted by Crippen LogP contribution is 2.31. The second-order valence-electron chi connectivity index (χ2n) is 5.36. The lowest BCUT2D eigenvalue weighted by molar-refractivity contribution is -0.00639. The average Bonchev–Trinajstić information content (AvgIpc) is 2.79. The van der Waals surface area contributed by atoms with E-state index in [0.717, 1.165) is 30.1 Å². The number of hydrogen-bond acceptors (Lipinski definition) is 4. The van der Waals surface area contributed by atoms with E-state index in [1.165, 1.54) is 24.1 Å². The standard InChI is InChI=1S/C14H24N2OS/c1-4-15-14-16-8-13(18-14)9-17-12-6-5-10(2)11(3)7-12/h8,10-12H,4-7,9H2,1-3H3,(H,15,16). The third-order valence-electron chi connectivity index (χ3n) is 3.89. The Morgan fingerprint density at radius 3 is 2.94 bits per heavy atom. The first-order chi connectivity index (χ1) is 8.69. The van der Waals surface area contributed by atoms with E-state index >= 15 is 0 Å². The van der Waals surface area contributed by atoms with Gasteiger partial charge in [0.25, 0.3) is 0 Å². The molecule has 102 valence electrons.